The summed E-state index contributed by atoms with van der Waals surface area (Å²) in [5, 5.41) is 14.4. The van der Waals surface area contributed by atoms with Crippen molar-refractivity contribution in [1.29, 1.82) is 0 Å². The van der Waals surface area contributed by atoms with Crippen molar-refractivity contribution in [1.82, 2.24) is 10.4 Å². The van der Waals surface area contributed by atoms with E-state index in [2.05, 4.69) is 66.0 Å². The number of benzene rings is 3. The highest BCUT2D eigenvalue weighted by Gasteiger charge is 2.29. The molecule has 0 spiro atoms. The molecule has 4 heteroatoms. The van der Waals surface area contributed by atoms with Crippen molar-refractivity contribution in [2.75, 3.05) is 0 Å². The normalized spacial score (nSPS) is 19.2. The SMILES string of the molecule is O=C1C(Cc2ccc(-c3ccccc3)cc2)NC(c2ccc(C3CCCCC3)cc2)=CN1O. The van der Waals surface area contributed by atoms with Crippen LogP contribution in [0.1, 0.15) is 54.7 Å². The van der Waals surface area contributed by atoms with Crippen LogP contribution in [0.4, 0.5) is 0 Å². The van der Waals surface area contributed by atoms with Crippen molar-refractivity contribution in [2.24, 2.45) is 0 Å². The molecule has 3 aromatic carbocycles. The summed E-state index contributed by atoms with van der Waals surface area (Å²) in [6.07, 6.45) is 8.50. The summed E-state index contributed by atoms with van der Waals surface area (Å²) in [7, 11) is 0. The maximum atomic E-state index is 12.6. The van der Waals surface area contributed by atoms with Crippen molar-refractivity contribution < 1.29 is 10.0 Å². The number of carbonyl (C=O) groups is 1. The Labute approximate surface area is 195 Å². The molecule has 33 heavy (non-hydrogen) atoms. The molecule has 0 radical (unpaired) electrons. The van der Waals surface area contributed by atoms with Gasteiger partial charge in [-0.05, 0) is 46.6 Å². The molecule has 2 N–H and O–H groups in total. The zero-order valence-corrected chi connectivity index (χ0v) is 18.8. The molecular formula is C29H30N2O2. The summed E-state index contributed by atoms with van der Waals surface area (Å²) >= 11 is 0. The molecule has 1 heterocycles. The van der Waals surface area contributed by atoms with Crippen molar-refractivity contribution >= 4 is 11.6 Å². The Bertz CT molecular complexity index is 1110. The molecule has 5 rings (SSSR count). The van der Waals surface area contributed by atoms with Gasteiger partial charge < -0.3 is 5.32 Å². The first-order valence-electron chi connectivity index (χ1n) is 11.9. The Morgan fingerprint density at radius 2 is 1.42 bits per heavy atom. The van der Waals surface area contributed by atoms with E-state index in [9.17, 15) is 10.0 Å². The van der Waals surface area contributed by atoms with Gasteiger partial charge in [0.25, 0.3) is 5.91 Å². The van der Waals surface area contributed by atoms with E-state index in [1.54, 1.807) is 0 Å². The minimum atomic E-state index is -0.518. The van der Waals surface area contributed by atoms with Crippen LogP contribution in [0.15, 0.2) is 85.1 Å². The second-order valence-electron chi connectivity index (χ2n) is 9.15. The summed E-state index contributed by atoms with van der Waals surface area (Å²) in [4.78, 5) is 12.6. The van der Waals surface area contributed by atoms with Gasteiger partial charge in [0, 0.05) is 6.42 Å². The lowest BCUT2D eigenvalue weighted by Crippen LogP contribution is -2.48. The Morgan fingerprint density at radius 3 is 2.12 bits per heavy atom. The van der Waals surface area contributed by atoms with Crippen LogP contribution in [0.2, 0.25) is 0 Å². The predicted octanol–water partition coefficient (Wildman–Crippen LogP) is 6.13. The van der Waals surface area contributed by atoms with Gasteiger partial charge in [-0.25, -0.2) is 0 Å². The Hall–Kier alpha value is -3.37. The maximum Gasteiger partial charge on any atom is 0.272 e. The number of hydrogen-bond acceptors (Lipinski definition) is 3. The number of amides is 1. The molecule has 1 unspecified atom stereocenters. The third kappa shape index (κ3) is 4.86. The number of nitrogens with zero attached hydrogens (tertiary/aromatic N) is 1. The number of hydrogen-bond donors (Lipinski definition) is 2. The topological polar surface area (TPSA) is 52.6 Å². The second-order valence-corrected chi connectivity index (χ2v) is 9.15. The lowest BCUT2D eigenvalue weighted by Gasteiger charge is -2.29. The molecule has 168 valence electrons. The third-order valence-corrected chi connectivity index (χ3v) is 6.90. The highest BCUT2D eigenvalue weighted by atomic mass is 16.5. The van der Waals surface area contributed by atoms with Crippen molar-refractivity contribution in [3.63, 3.8) is 0 Å². The number of hydroxylamine groups is 2. The molecule has 1 fully saturated rings. The Morgan fingerprint density at radius 1 is 0.788 bits per heavy atom. The quantitative estimate of drug-likeness (QED) is 0.471. The molecule has 1 amide bonds. The molecule has 2 aliphatic rings. The molecule has 0 saturated heterocycles. The Balaban J connectivity index is 1.29. The first-order chi connectivity index (χ1) is 16.2. The van der Waals surface area contributed by atoms with Gasteiger partial charge in [-0.15, -0.1) is 0 Å². The van der Waals surface area contributed by atoms with E-state index in [1.165, 1.54) is 49.4 Å². The minimum Gasteiger partial charge on any atom is -0.372 e. The van der Waals surface area contributed by atoms with Crippen LogP contribution in [-0.2, 0) is 11.2 Å². The maximum absolute atomic E-state index is 12.6. The number of carbonyl (C=O) groups excluding carboxylic acids is 1. The highest BCUT2D eigenvalue weighted by molar-refractivity contribution is 5.88. The second kappa shape index (κ2) is 9.63. The van der Waals surface area contributed by atoms with Crippen molar-refractivity contribution in [3.8, 4) is 11.1 Å². The van der Waals surface area contributed by atoms with E-state index < -0.39 is 6.04 Å². The van der Waals surface area contributed by atoms with Crippen LogP contribution in [0.5, 0.6) is 0 Å². The highest BCUT2D eigenvalue weighted by Crippen LogP contribution is 2.33. The molecule has 1 aliphatic heterocycles. The van der Waals surface area contributed by atoms with Crippen LogP contribution in [0.3, 0.4) is 0 Å². The van der Waals surface area contributed by atoms with Gasteiger partial charge in [0.15, 0.2) is 0 Å². The fraction of sp³-hybridized carbons (Fsp3) is 0.276. The van der Waals surface area contributed by atoms with Crippen LogP contribution < -0.4 is 5.32 Å². The van der Waals surface area contributed by atoms with Gasteiger partial charge in [-0.3, -0.25) is 10.0 Å². The van der Waals surface area contributed by atoms with E-state index in [0.717, 1.165) is 27.5 Å². The molecule has 1 atom stereocenters. The Kier molecular flexibility index (Phi) is 6.27. The van der Waals surface area contributed by atoms with E-state index in [-0.39, 0.29) is 5.91 Å². The molecule has 4 nitrogen and oxygen atoms in total. The van der Waals surface area contributed by atoms with Gasteiger partial charge in [0.05, 0.1) is 11.9 Å². The third-order valence-electron chi connectivity index (χ3n) is 6.90. The lowest BCUT2D eigenvalue weighted by molar-refractivity contribution is -0.157. The van der Waals surface area contributed by atoms with Crippen LogP contribution >= 0.6 is 0 Å². The van der Waals surface area contributed by atoms with Gasteiger partial charge in [0.1, 0.15) is 6.04 Å². The first-order valence-corrected chi connectivity index (χ1v) is 11.9. The minimum absolute atomic E-state index is 0.343. The van der Waals surface area contributed by atoms with E-state index in [0.29, 0.717) is 12.3 Å². The smallest absolute Gasteiger partial charge is 0.272 e. The van der Waals surface area contributed by atoms with Crippen LogP contribution in [-0.4, -0.2) is 22.2 Å². The van der Waals surface area contributed by atoms with Gasteiger partial charge in [-0.1, -0.05) is 98.1 Å². The average molecular weight is 439 g/mol. The molecule has 1 saturated carbocycles. The zero-order valence-electron chi connectivity index (χ0n) is 18.8. The molecule has 0 bridgehead atoms. The summed E-state index contributed by atoms with van der Waals surface area (Å²) in [5.74, 6) is 0.313. The summed E-state index contributed by atoms with van der Waals surface area (Å²) in [6.45, 7) is 0. The van der Waals surface area contributed by atoms with E-state index in [4.69, 9.17) is 0 Å². The number of rotatable bonds is 5. The van der Waals surface area contributed by atoms with Crippen LogP contribution in [0.25, 0.3) is 16.8 Å². The largest absolute Gasteiger partial charge is 0.372 e. The lowest BCUT2D eigenvalue weighted by atomic mass is 9.84. The fourth-order valence-corrected chi connectivity index (χ4v) is 5.00. The fourth-order valence-electron chi connectivity index (χ4n) is 5.00. The molecule has 3 aromatic rings. The summed E-state index contributed by atoms with van der Waals surface area (Å²) < 4.78 is 0. The van der Waals surface area contributed by atoms with Gasteiger partial charge in [0.2, 0.25) is 0 Å². The van der Waals surface area contributed by atoms with Gasteiger partial charge in [-0.2, -0.15) is 5.06 Å². The zero-order chi connectivity index (χ0) is 22.6. The average Bonchev–Trinajstić information content (AvgIpc) is 2.88. The summed E-state index contributed by atoms with van der Waals surface area (Å²) in [6, 6.07) is 26.6. The van der Waals surface area contributed by atoms with Crippen molar-refractivity contribution in [3.05, 3.63) is 102 Å². The predicted molar refractivity (Wildman–Crippen MR) is 131 cm³/mol. The van der Waals surface area contributed by atoms with E-state index >= 15 is 0 Å². The molecule has 0 aromatic heterocycles. The molecular weight excluding hydrogens is 408 g/mol. The van der Waals surface area contributed by atoms with Gasteiger partial charge >= 0.3 is 0 Å². The van der Waals surface area contributed by atoms with Crippen molar-refractivity contribution in [2.45, 2.75) is 50.5 Å². The molecule has 1 aliphatic carbocycles. The number of nitrogens with one attached hydrogen (secondary N) is 1. The van der Waals surface area contributed by atoms with E-state index in [1.807, 2.05) is 18.2 Å². The first kappa shape index (κ1) is 21.5. The van der Waals surface area contributed by atoms with Crippen LogP contribution in [0, 0.1) is 0 Å². The summed E-state index contributed by atoms with van der Waals surface area (Å²) in [5.41, 5.74) is 6.48. The monoisotopic (exact) mass is 438 g/mol. The standard InChI is InChI=1S/C29H30N2O2/c32-29-27(19-21-11-13-24(14-12-21)22-7-3-1-4-8-22)30-28(20-31(29)33)26-17-15-25(16-18-26)23-9-5-2-6-10-23/h1,3-4,7-8,11-18,20,23,27,30,33H,2,5-6,9-10,19H2.